The zero-order chi connectivity index (χ0) is 21.7. The fourth-order valence-electron chi connectivity index (χ4n) is 2.90. The van der Waals surface area contributed by atoms with E-state index in [0.717, 1.165) is 26.2 Å². The Morgan fingerprint density at radius 3 is 2.67 bits per heavy atom. The minimum atomic E-state index is -0.0650. The van der Waals surface area contributed by atoms with Crippen LogP contribution in [0.15, 0.2) is 40.9 Å². The van der Waals surface area contributed by atoms with Crippen molar-refractivity contribution in [3.63, 3.8) is 0 Å². The van der Waals surface area contributed by atoms with Crippen molar-refractivity contribution >= 4 is 48.5 Å². The van der Waals surface area contributed by atoms with Gasteiger partial charge in [0.25, 0.3) is 0 Å². The van der Waals surface area contributed by atoms with E-state index < -0.39 is 0 Å². The summed E-state index contributed by atoms with van der Waals surface area (Å²) in [5, 5.41) is 3.48. The molecule has 0 bridgehead atoms. The minimum Gasteiger partial charge on any atom is -0.494 e. The van der Waals surface area contributed by atoms with Crippen molar-refractivity contribution in [2.24, 2.45) is 0 Å². The minimum absolute atomic E-state index is 0.0650. The smallest absolute Gasteiger partial charge is 0.226 e. The molecule has 0 aliphatic rings. The topological polar surface area (TPSA) is 60.5 Å². The largest absolute Gasteiger partial charge is 0.494 e. The van der Waals surface area contributed by atoms with Gasteiger partial charge in [0.05, 0.1) is 27.9 Å². The Morgan fingerprint density at radius 1 is 1.17 bits per heavy atom. The maximum Gasteiger partial charge on any atom is 0.226 e. The molecule has 0 radical (unpaired) electrons. The number of carbonyl (C=O) groups is 1. The lowest BCUT2D eigenvalue weighted by Gasteiger charge is -2.20. The van der Waals surface area contributed by atoms with Crippen LogP contribution in [0.25, 0.3) is 10.2 Å². The fraction of sp³-hybridized carbons (Fsp3) is 0.391. The monoisotopic (exact) mass is 490 g/mol. The fourth-order valence-corrected chi connectivity index (χ4v) is 4.30. The van der Waals surface area contributed by atoms with Crippen LogP contribution in [0.4, 0.5) is 5.13 Å². The number of nitrogens with one attached hydrogen (secondary N) is 1. The number of nitrogens with zero attached hydrogens (tertiary/aromatic N) is 1. The van der Waals surface area contributed by atoms with Crippen LogP contribution in [-0.4, -0.2) is 24.1 Å². The average Bonchev–Trinajstić information content (AvgIpc) is 3.07. The van der Waals surface area contributed by atoms with Gasteiger partial charge < -0.3 is 14.8 Å². The van der Waals surface area contributed by atoms with E-state index in [2.05, 4.69) is 59.1 Å². The number of hydrogen-bond acceptors (Lipinski definition) is 5. The van der Waals surface area contributed by atoms with Gasteiger partial charge in [0.15, 0.2) is 5.13 Å². The van der Waals surface area contributed by atoms with Crippen LogP contribution in [0, 0.1) is 0 Å². The lowest BCUT2D eigenvalue weighted by atomic mass is 9.87. The van der Waals surface area contributed by atoms with Crippen molar-refractivity contribution in [3.8, 4) is 11.5 Å². The first-order valence-corrected chi connectivity index (χ1v) is 11.6. The second kappa shape index (κ2) is 9.79. The van der Waals surface area contributed by atoms with Crippen molar-refractivity contribution in [2.45, 2.75) is 46.0 Å². The Labute approximate surface area is 189 Å². The molecular formula is C23H27BrN2O3S. The molecule has 3 rings (SSSR count). The molecule has 1 aromatic heterocycles. The van der Waals surface area contributed by atoms with Gasteiger partial charge in [0, 0.05) is 6.42 Å². The molecule has 0 saturated heterocycles. The van der Waals surface area contributed by atoms with Gasteiger partial charge >= 0.3 is 0 Å². The van der Waals surface area contributed by atoms with Gasteiger partial charge in [-0.2, -0.15) is 0 Å². The molecule has 7 heteroatoms. The van der Waals surface area contributed by atoms with E-state index in [4.69, 9.17) is 9.47 Å². The van der Waals surface area contributed by atoms with Gasteiger partial charge in [-0.05, 0) is 70.6 Å². The molecule has 0 spiro atoms. The zero-order valence-corrected chi connectivity index (χ0v) is 20.2. The van der Waals surface area contributed by atoms with E-state index in [1.54, 1.807) is 0 Å². The Morgan fingerprint density at radius 2 is 1.97 bits per heavy atom. The van der Waals surface area contributed by atoms with E-state index in [-0.39, 0.29) is 11.3 Å². The summed E-state index contributed by atoms with van der Waals surface area (Å²) in [5.74, 6) is 1.54. The SMILES string of the molecule is CCOc1ccc2nc(NC(=O)CCCOc3ccc(C(C)(C)C)cc3Br)sc2c1. The maximum atomic E-state index is 12.3. The molecule has 2 aromatic carbocycles. The van der Waals surface area contributed by atoms with E-state index in [1.165, 1.54) is 16.9 Å². The summed E-state index contributed by atoms with van der Waals surface area (Å²) in [5.41, 5.74) is 2.18. The first kappa shape index (κ1) is 22.6. The molecule has 3 aromatic rings. The number of rotatable bonds is 8. The third-order valence-electron chi connectivity index (χ3n) is 4.52. The van der Waals surface area contributed by atoms with Crippen molar-refractivity contribution < 1.29 is 14.3 Å². The second-order valence-corrected chi connectivity index (χ2v) is 9.86. The Bertz CT molecular complexity index is 1030. The lowest BCUT2D eigenvalue weighted by molar-refractivity contribution is -0.116. The number of halogens is 1. The highest BCUT2D eigenvalue weighted by molar-refractivity contribution is 9.10. The number of ether oxygens (including phenoxy) is 2. The van der Waals surface area contributed by atoms with Gasteiger partial charge in [-0.3, -0.25) is 4.79 Å². The number of aromatic nitrogens is 1. The molecule has 0 fully saturated rings. The lowest BCUT2D eigenvalue weighted by Crippen LogP contribution is -2.13. The molecule has 0 unspecified atom stereocenters. The molecule has 1 heterocycles. The predicted molar refractivity (Wildman–Crippen MR) is 127 cm³/mol. The average molecular weight is 491 g/mol. The summed E-state index contributed by atoms with van der Waals surface area (Å²) in [4.78, 5) is 16.7. The van der Waals surface area contributed by atoms with Crippen LogP contribution in [0.2, 0.25) is 0 Å². The molecule has 160 valence electrons. The molecule has 0 atom stereocenters. The molecule has 1 amide bonds. The molecule has 0 saturated carbocycles. The highest BCUT2D eigenvalue weighted by Gasteiger charge is 2.15. The summed E-state index contributed by atoms with van der Waals surface area (Å²) >= 11 is 5.02. The predicted octanol–water partition coefficient (Wildman–Crippen LogP) is 6.55. The highest BCUT2D eigenvalue weighted by atomic mass is 79.9. The second-order valence-electron chi connectivity index (χ2n) is 7.98. The standard InChI is InChI=1S/C23H27BrN2O3S/c1-5-28-16-9-10-18-20(14-16)30-22(25-18)26-21(27)7-6-12-29-19-11-8-15(13-17(19)24)23(2,3)4/h8-11,13-14H,5-7,12H2,1-4H3,(H,25,26,27). The third kappa shape index (κ3) is 5.95. The van der Waals surface area contributed by atoms with Crippen molar-refractivity contribution in [2.75, 3.05) is 18.5 Å². The van der Waals surface area contributed by atoms with Crippen molar-refractivity contribution in [1.29, 1.82) is 0 Å². The van der Waals surface area contributed by atoms with E-state index in [9.17, 15) is 4.79 Å². The third-order valence-corrected chi connectivity index (χ3v) is 6.07. The van der Waals surface area contributed by atoms with Gasteiger partial charge in [-0.15, -0.1) is 0 Å². The van der Waals surface area contributed by atoms with Gasteiger partial charge in [-0.25, -0.2) is 4.98 Å². The Balaban J connectivity index is 1.48. The molecule has 1 N–H and O–H groups in total. The number of anilines is 1. The van der Waals surface area contributed by atoms with Gasteiger partial charge in [0.1, 0.15) is 11.5 Å². The Hall–Kier alpha value is -2.12. The number of hydrogen-bond donors (Lipinski definition) is 1. The van der Waals surface area contributed by atoms with Crippen molar-refractivity contribution in [1.82, 2.24) is 4.98 Å². The maximum absolute atomic E-state index is 12.3. The zero-order valence-electron chi connectivity index (χ0n) is 17.8. The number of amides is 1. The first-order chi connectivity index (χ1) is 14.3. The molecule has 5 nitrogen and oxygen atoms in total. The number of fused-ring (bicyclic) bond motifs is 1. The number of benzene rings is 2. The Kier molecular flexibility index (Phi) is 7.36. The summed E-state index contributed by atoms with van der Waals surface area (Å²) in [6.07, 6.45) is 0.997. The summed E-state index contributed by atoms with van der Waals surface area (Å²) in [6.45, 7) is 9.57. The molecule has 0 aliphatic heterocycles. The quantitative estimate of drug-likeness (QED) is 0.363. The molecular weight excluding hydrogens is 464 g/mol. The van der Waals surface area contributed by atoms with Crippen LogP contribution in [0.5, 0.6) is 11.5 Å². The van der Waals surface area contributed by atoms with Crippen LogP contribution in [0.1, 0.15) is 46.1 Å². The van der Waals surface area contributed by atoms with Gasteiger partial charge in [0.2, 0.25) is 5.91 Å². The summed E-state index contributed by atoms with van der Waals surface area (Å²) < 4.78 is 13.3. The number of thiazole rings is 1. The molecule has 30 heavy (non-hydrogen) atoms. The van der Waals surface area contributed by atoms with Crippen LogP contribution < -0.4 is 14.8 Å². The van der Waals surface area contributed by atoms with Crippen molar-refractivity contribution in [3.05, 3.63) is 46.4 Å². The summed E-state index contributed by atoms with van der Waals surface area (Å²) in [7, 11) is 0. The summed E-state index contributed by atoms with van der Waals surface area (Å²) in [6, 6.07) is 11.9. The van der Waals surface area contributed by atoms with Crippen LogP contribution in [-0.2, 0) is 10.2 Å². The van der Waals surface area contributed by atoms with Gasteiger partial charge in [-0.1, -0.05) is 38.2 Å². The van der Waals surface area contributed by atoms with Crippen LogP contribution in [0.3, 0.4) is 0 Å². The van der Waals surface area contributed by atoms with E-state index in [0.29, 0.717) is 31.2 Å². The van der Waals surface area contributed by atoms with E-state index in [1.807, 2.05) is 31.2 Å². The van der Waals surface area contributed by atoms with E-state index >= 15 is 0 Å². The first-order valence-electron chi connectivity index (χ1n) is 10.0. The number of carbonyl (C=O) groups excluding carboxylic acids is 1. The molecule has 0 aliphatic carbocycles. The highest BCUT2D eigenvalue weighted by Crippen LogP contribution is 2.32. The van der Waals surface area contributed by atoms with Crippen LogP contribution >= 0.6 is 27.3 Å². The normalized spacial score (nSPS) is 11.5.